The molecule has 2 rings (SSSR count). The van der Waals surface area contributed by atoms with Crippen molar-refractivity contribution in [1.82, 2.24) is 0 Å². The molecule has 1 aromatic carbocycles. The highest BCUT2D eigenvalue weighted by Gasteiger charge is 2.18. The minimum Gasteiger partial charge on any atom is -0.353 e. The number of aliphatic imine (C=N–C) groups is 1. The molecule has 3 nitrogen and oxygen atoms in total. The number of carbonyl (C=O) groups excluding carboxylic acids is 1. The number of nitrogens with zero attached hydrogens (tertiary/aromatic N) is 1. The van der Waals surface area contributed by atoms with Gasteiger partial charge in [-0.2, -0.15) is 4.99 Å². The van der Waals surface area contributed by atoms with Crippen LogP contribution < -0.4 is 5.32 Å². The van der Waals surface area contributed by atoms with E-state index >= 15 is 0 Å². The second kappa shape index (κ2) is 3.62. The lowest BCUT2D eigenvalue weighted by molar-refractivity contribution is 0.100. The molecule has 1 aromatic rings. The highest BCUT2D eigenvalue weighted by atomic mass is 16.1. The lowest BCUT2D eigenvalue weighted by Crippen LogP contribution is -2.12. The van der Waals surface area contributed by atoms with Crippen LogP contribution in [0.3, 0.4) is 0 Å². The Labute approximate surface area is 94.9 Å². The normalized spacial score (nSPS) is 14.3. The molecule has 0 bridgehead atoms. The number of fused-ring (bicyclic) bond motifs is 1. The number of rotatable bonds is 0. The van der Waals surface area contributed by atoms with E-state index in [2.05, 4.69) is 37.0 Å². The zero-order valence-corrected chi connectivity index (χ0v) is 9.66. The zero-order chi connectivity index (χ0) is 11.8. The molecule has 1 aliphatic heterocycles. The Morgan fingerprint density at radius 1 is 1.31 bits per heavy atom. The van der Waals surface area contributed by atoms with Gasteiger partial charge in [0.2, 0.25) is 0 Å². The van der Waals surface area contributed by atoms with E-state index in [1.165, 1.54) is 0 Å². The maximum atomic E-state index is 11.7. The van der Waals surface area contributed by atoms with Crippen LogP contribution in [0.15, 0.2) is 29.4 Å². The Morgan fingerprint density at radius 3 is 2.75 bits per heavy atom. The van der Waals surface area contributed by atoms with Crippen LogP contribution in [0.2, 0.25) is 0 Å². The predicted octanol–water partition coefficient (Wildman–Crippen LogP) is 2.73. The van der Waals surface area contributed by atoms with Gasteiger partial charge in [0.1, 0.15) is 0 Å². The van der Waals surface area contributed by atoms with Crippen LogP contribution in [-0.2, 0) is 5.41 Å². The highest BCUT2D eigenvalue weighted by molar-refractivity contribution is 6.04. The topological polar surface area (TPSA) is 41.5 Å². The molecule has 0 saturated heterocycles. The second-order valence-electron chi connectivity index (χ2n) is 4.85. The van der Waals surface area contributed by atoms with E-state index in [9.17, 15) is 4.79 Å². The average molecular weight is 214 g/mol. The van der Waals surface area contributed by atoms with Gasteiger partial charge in [0.05, 0.1) is 17.5 Å². The molecule has 3 heteroatoms. The van der Waals surface area contributed by atoms with E-state index in [0.29, 0.717) is 5.56 Å². The monoisotopic (exact) mass is 214 g/mol. The third-order valence-electron chi connectivity index (χ3n) is 2.57. The fourth-order valence-electron chi connectivity index (χ4n) is 1.57. The first-order chi connectivity index (χ1) is 7.48. The summed E-state index contributed by atoms with van der Waals surface area (Å²) in [6, 6.07) is 5.83. The average Bonchev–Trinajstić information content (AvgIpc) is 2.39. The summed E-state index contributed by atoms with van der Waals surface area (Å²) in [6.45, 7) is 6.35. The summed E-state index contributed by atoms with van der Waals surface area (Å²) in [5.74, 6) is 2.29. The van der Waals surface area contributed by atoms with Crippen molar-refractivity contribution in [2.75, 3.05) is 5.32 Å². The SMILES string of the molecule is CC(C)(C)c1ccc2c(c1)C(=O)N=C=CN2. The van der Waals surface area contributed by atoms with Crippen molar-refractivity contribution in [2.45, 2.75) is 26.2 Å². The van der Waals surface area contributed by atoms with E-state index in [0.717, 1.165) is 11.3 Å². The van der Waals surface area contributed by atoms with Gasteiger partial charge in [-0.3, -0.25) is 4.79 Å². The Hall–Kier alpha value is -1.86. The first kappa shape index (κ1) is 10.7. The maximum absolute atomic E-state index is 11.7. The van der Waals surface area contributed by atoms with Crippen molar-refractivity contribution < 1.29 is 4.79 Å². The van der Waals surface area contributed by atoms with Gasteiger partial charge in [-0.1, -0.05) is 26.8 Å². The number of benzene rings is 1. The summed E-state index contributed by atoms with van der Waals surface area (Å²) < 4.78 is 0. The summed E-state index contributed by atoms with van der Waals surface area (Å²) in [5, 5.41) is 2.98. The van der Waals surface area contributed by atoms with Gasteiger partial charge in [0.25, 0.3) is 5.91 Å². The molecule has 16 heavy (non-hydrogen) atoms. The van der Waals surface area contributed by atoms with Crippen molar-refractivity contribution in [2.24, 2.45) is 4.99 Å². The number of nitrogens with one attached hydrogen (secondary N) is 1. The summed E-state index contributed by atoms with van der Waals surface area (Å²) in [5.41, 5.74) is 2.54. The molecule has 1 N–H and O–H groups in total. The fourth-order valence-corrected chi connectivity index (χ4v) is 1.57. The lowest BCUT2D eigenvalue weighted by Gasteiger charge is -2.20. The van der Waals surface area contributed by atoms with Gasteiger partial charge in [0.15, 0.2) is 0 Å². The number of hydrogen-bond donors (Lipinski definition) is 1. The molecule has 82 valence electrons. The van der Waals surface area contributed by atoms with E-state index < -0.39 is 0 Å². The molecule has 1 amide bonds. The summed E-state index contributed by atoms with van der Waals surface area (Å²) >= 11 is 0. The van der Waals surface area contributed by atoms with E-state index in [1.54, 1.807) is 6.20 Å². The number of carbonyl (C=O) groups is 1. The molecule has 0 atom stereocenters. The number of hydrogen-bond acceptors (Lipinski definition) is 2. The smallest absolute Gasteiger partial charge is 0.287 e. The Balaban J connectivity index is 2.55. The van der Waals surface area contributed by atoms with Gasteiger partial charge in [-0.25, -0.2) is 0 Å². The quantitative estimate of drug-likeness (QED) is 0.721. The minimum absolute atomic E-state index is 0.0265. The van der Waals surface area contributed by atoms with Gasteiger partial charge in [-0.05, 0) is 23.1 Å². The van der Waals surface area contributed by atoms with Crippen LogP contribution >= 0.6 is 0 Å². The molecule has 1 heterocycles. The van der Waals surface area contributed by atoms with Gasteiger partial charge in [0, 0.05) is 5.87 Å². The Morgan fingerprint density at radius 2 is 2.06 bits per heavy atom. The third kappa shape index (κ3) is 1.90. The standard InChI is InChI=1S/C13H14N2O/c1-13(2,3)9-4-5-11-10(8-9)12(16)15-7-6-14-11/h4-6,8,14H,1-3H3. The molecule has 0 aliphatic carbocycles. The zero-order valence-electron chi connectivity index (χ0n) is 9.66. The Bertz CT molecular complexity index is 503. The van der Waals surface area contributed by atoms with E-state index in [4.69, 9.17) is 0 Å². The summed E-state index contributed by atoms with van der Waals surface area (Å²) in [4.78, 5) is 15.4. The Kier molecular flexibility index (Phi) is 2.41. The molecular formula is C13H14N2O. The van der Waals surface area contributed by atoms with E-state index in [-0.39, 0.29) is 11.3 Å². The van der Waals surface area contributed by atoms with Crippen molar-refractivity contribution in [1.29, 1.82) is 0 Å². The first-order valence-electron chi connectivity index (χ1n) is 5.22. The molecule has 0 spiro atoms. The number of amides is 1. The molecule has 0 aromatic heterocycles. The van der Waals surface area contributed by atoms with Gasteiger partial charge in [-0.15, -0.1) is 0 Å². The van der Waals surface area contributed by atoms with Crippen LogP contribution in [0.5, 0.6) is 0 Å². The summed E-state index contributed by atoms with van der Waals surface area (Å²) in [7, 11) is 0. The van der Waals surface area contributed by atoms with E-state index in [1.807, 2.05) is 18.2 Å². The molecule has 0 unspecified atom stereocenters. The van der Waals surface area contributed by atoms with Crippen molar-refractivity contribution in [3.63, 3.8) is 0 Å². The number of anilines is 1. The van der Waals surface area contributed by atoms with Crippen LogP contribution in [0.1, 0.15) is 36.7 Å². The lowest BCUT2D eigenvalue weighted by atomic mass is 9.86. The second-order valence-corrected chi connectivity index (χ2v) is 4.85. The van der Waals surface area contributed by atoms with Crippen LogP contribution in [0, 0.1) is 0 Å². The minimum atomic E-state index is -0.248. The third-order valence-corrected chi connectivity index (χ3v) is 2.57. The fraction of sp³-hybridized carbons (Fsp3) is 0.308. The molecule has 0 saturated carbocycles. The maximum Gasteiger partial charge on any atom is 0.287 e. The molecule has 0 fully saturated rings. The van der Waals surface area contributed by atoms with Crippen molar-refractivity contribution in [3.05, 3.63) is 35.5 Å². The van der Waals surface area contributed by atoms with Gasteiger partial charge < -0.3 is 5.32 Å². The largest absolute Gasteiger partial charge is 0.353 e. The van der Waals surface area contributed by atoms with Crippen LogP contribution in [-0.4, -0.2) is 11.8 Å². The van der Waals surface area contributed by atoms with Crippen LogP contribution in [0.25, 0.3) is 0 Å². The molecule has 0 radical (unpaired) electrons. The highest BCUT2D eigenvalue weighted by Crippen LogP contribution is 2.27. The molecule has 1 aliphatic rings. The van der Waals surface area contributed by atoms with Gasteiger partial charge >= 0.3 is 0 Å². The predicted molar refractivity (Wildman–Crippen MR) is 65.1 cm³/mol. The van der Waals surface area contributed by atoms with Crippen molar-refractivity contribution in [3.8, 4) is 0 Å². The molecular weight excluding hydrogens is 200 g/mol. The first-order valence-corrected chi connectivity index (χ1v) is 5.22. The summed E-state index contributed by atoms with van der Waals surface area (Å²) in [6.07, 6.45) is 1.54. The van der Waals surface area contributed by atoms with Crippen molar-refractivity contribution >= 4 is 17.5 Å². The van der Waals surface area contributed by atoms with Crippen LogP contribution in [0.4, 0.5) is 5.69 Å².